The maximum atomic E-state index is 4.38. The van der Waals surface area contributed by atoms with Gasteiger partial charge in [0, 0.05) is 12.4 Å². The van der Waals surface area contributed by atoms with Gasteiger partial charge in [0.15, 0.2) is 0 Å². The zero-order valence-corrected chi connectivity index (χ0v) is 8.04. The fourth-order valence-electron chi connectivity index (χ4n) is 1.07. The molecule has 66 valence electrons. The predicted octanol–water partition coefficient (Wildman–Crippen LogP) is 2.37. The van der Waals surface area contributed by atoms with E-state index in [0.717, 1.165) is 23.7 Å². The quantitative estimate of drug-likeness (QED) is 0.685. The summed E-state index contributed by atoms with van der Waals surface area (Å²) in [6, 6.07) is 0. The smallest absolute Gasteiger partial charge is 0.0589 e. The molecule has 2 nitrogen and oxygen atoms in total. The summed E-state index contributed by atoms with van der Waals surface area (Å²) in [5.74, 6) is 0.743. The van der Waals surface area contributed by atoms with Gasteiger partial charge in [0.1, 0.15) is 0 Å². The van der Waals surface area contributed by atoms with Gasteiger partial charge in [0.05, 0.1) is 11.4 Å². The van der Waals surface area contributed by atoms with Crippen molar-refractivity contribution >= 4 is 0 Å². The highest BCUT2D eigenvalue weighted by Crippen LogP contribution is 2.05. The zero-order chi connectivity index (χ0) is 8.97. The molecule has 0 aliphatic carbocycles. The molecule has 0 aliphatic heterocycles. The Balaban J connectivity index is 2.52. The van der Waals surface area contributed by atoms with Crippen molar-refractivity contribution in [3.63, 3.8) is 0 Å². The lowest BCUT2D eigenvalue weighted by Crippen LogP contribution is -1.97. The van der Waals surface area contributed by atoms with Gasteiger partial charge in [-0.15, -0.1) is 0 Å². The molecular weight excluding hydrogens is 148 g/mol. The van der Waals surface area contributed by atoms with Crippen molar-refractivity contribution in [2.45, 2.75) is 33.6 Å². The molecule has 1 rings (SSSR count). The summed E-state index contributed by atoms with van der Waals surface area (Å²) >= 11 is 0. The number of hydrogen-bond acceptors (Lipinski definition) is 2. The first-order chi connectivity index (χ1) is 5.68. The highest BCUT2D eigenvalue weighted by molar-refractivity contribution is 5.01. The first-order valence-electron chi connectivity index (χ1n) is 4.46. The van der Waals surface area contributed by atoms with E-state index in [1.807, 2.05) is 13.1 Å². The van der Waals surface area contributed by atoms with E-state index in [0.29, 0.717) is 0 Å². The van der Waals surface area contributed by atoms with Crippen LogP contribution in [0.4, 0.5) is 0 Å². The molecule has 2 heteroatoms. The topological polar surface area (TPSA) is 25.8 Å². The van der Waals surface area contributed by atoms with Gasteiger partial charge in [-0.1, -0.05) is 13.8 Å². The van der Waals surface area contributed by atoms with Gasteiger partial charge >= 0.3 is 0 Å². The predicted molar refractivity (Wildman–Crippen MR) is 49.9 cm³/mol. The van der Waals surface area contributed by atoms with Crippen LogP contribution in [0.5, 0.6) is 0 Å². The van der Waals surface area contributed by atoms with Crippen molar-refractivity contribution in [3.05, 3.63) is 23.8 Å². The second-order valence-electron chi connectivity index (χ2n) is 3.58. The lowest BCUT2D eigenvalue weighted by molar-refractivity contribution is 0.580. The van der Waals surface area contributed by atoms with Crippen molar-refractivity contribution in [3.8, 4) is 0 Å². The Morgan fingerprint density at radius 1 is 1.33 bits per heavy atom. The summed E-state index contributed by atoms with van der Waals surface area (Å²) in [4.78, 5) is 8.48. The van der Waals surface area contributed by atoms with E-state index < -0.39 is 0 Å². The Bertz CT molecular complexity index is 243. The first kappa shape index (κ1) is 9.17. The summed E-state index contributed by atoms with van der Waals surface area (Å²) in [5.41, 5.74) is 2.12. The van der Waals surface area contributed by atoms with E-state index in [2.05, 4.69) is 23.8 Å². The minimum atomic E-state index is 0.743. The maximum Gasteiger partial charge on any atom is 0.0589 e. The molecule has 1 heterocycles. The molecule has 0 atom stereocenters. The third-order valence-electron chi connectivity index (χ3n) is 1.78. The molecular formula is C10H16N2. The Hall–Kier alpha value is -0.920. The molecule has 0 spiro atoms. The molecule has 0 radical (unpaired) electrons. The minimum Gasteiger partial charge on any atom is -0.261 e. The maximum absolute atomic E-state index is 4.38. The standard InChI is InChI=1S/C10H16N2/c1-8(2)4-5-10-7-11-6-9(3)12-10/h6-8H,4-5H2,1-3H3. The number of aryl methyl sites for hydroxylation is 2. The molecule has 0 aromatic carbocycles. The van der Waals surface area contributed by atoms with E-state index in [9.17, 15) is 0 Å². The third-order valence-corrected chi connectivity index (χ3v) is 1.78. The number of rotatable bonds is 3. The van der Waals surface area contributed by atoms with Gasteiger partial charge in [-0.25, -0.2) is 0 Å². The monoisotopic (exact) mass is 164 g/mol. The normalized spacial score (nSPS) is 10.7. The lowest BCUT2D eigenvalue weighted by Gasteiger charge is -2.03. The van der Waals surface area contributed by atoms with E-state index in [1.54, 1.807) is 6.20 Å². The van der Waals surface area contributed by atoms with Crippen LogP contribution in [-0.4, -0.2) is 9.97 Å². The van der Waals surface area contributed by atoms with Crippen molar-refractivity contribution < 1.29 is 0 Å². The Kier molecular flexibility index (Phi) is 3.20. The first-order valence-corrected chi connectivity index (χ1v) is 4.46. The zero-order valence-electron chi connectivity index (χ0n) is 8.04. The van der Waals surface area contributed by atoms with Crippen LogP contribution in [0, 0.1) is 12.8 Å². The Labute approximate surface area is 74.1 Å². The van der Waals surface area contributed by atoms with Crippen molar-refractivity contribution in [1.82, 2.24) is 9.97 Å². The summed E-state index contributed by atoms with van der Waals surface area (Å²) in [6.07, 6.45) is 5.89. The van der Waals surface area contributed by atoms with Crippen molar-refractivity contribution in [1.29, 1.82) is 0 Å². The van der Waals surface area contributed by atoms with Gasteiger partial charge < -0.3 is 0 Å². The highest BCUT2D eigenvalue weighted by Gasteiger charge is 1.98. The average molecular weight is 164 g/mol. The summed E-state index contributed by atoms with van der Waals surface area (Å²) in [6.45, 7) is 6.43. The lowest BCUT2D eigenvalue weighted by atomic mass is 10.1. The molecule has 1 aromatic heterocycles. The summed E-state index contributed by atoms with van der Waals surface area (Å²) in [7, 11) is 0. The van der Waals surface area contributed by atoms with Gasteiger partial charge in [-0.3, -0.25) is 9.97 Å². The molecule has 0 bridgehead atoms. The second-order valence-corrected chi connectivity index (χ2v) is 3.58. The molecule has 0 fully saturated rings. The van der Waals surface area contributed by atoms with E-state index in [-0.39, 0.29) is 0 Å². The van der Waals surface area contributed by atoms with Crippen LogP contribution < -0.4 is 0 Å². The van der Waals surface area contributed by atoms with Gasteiger partial charge in [0.2, 0.25) is 0 Å². The van der Waals surface area contributed by atoms with Crippen LogP contribution in [-0.2, 0) is 6.42 Å². The fourth-order valence-corrected chi connectivity index (χ4v) is 1.07. The molecule has 0 amide bonds. The van der Waals surface area contributed by atoms with Crippen LogP contribution >= 0.6 is 0 Å². The number of aromatic nitrogens is 2. The Morgan fingerprint density at radius 3 is 2.67 bits per heavy atom. The van der Waals surface area contributed by atoms with Crippen LogP contribution in [0.3, 0.4) is 0 Å². The SMILES string of the molecule is Cc1cncc(CCC(C)C)n1. The second kappa shape index (κ2) is 4.19. The minimum absolute atomic E-state index is 0.743. The van der Waals surface area contributed by atoms with E-state index in [4.69, 9.17) is 0 Å². The molecule has 0 N–H and O–H groups in total. The van der Waals surface area contributed by atoms with Crippen LogP contribution in [0.25, 0.3) is 0 Å². The summed E-state index contributed by atoms with van der Waals surface area (Å²) in [5, 5.41) is 0. The number of nitrogens with zero attached hydrogens (tertiary/aromatic N) is 2. The average Bonchev–Trinajstić information content (AvgIpc) is 2.01. The Morgan fingerprint density at radius 2 is 2.08 bits per heavy atom. The summed E-state index contributed by atoms with van der Waals surface area (Å²) < 4.78 is 0. The molecule has 0 saturated carbocycles. The van der Waals surface area contributed by atoms with Crippen LogP contribution in [0.15, 0.2) is 12.4 Å². The van der Waals surface area contributed by atoms with Gasteiger partial charge in [0.25, 0.3) is 0 Å². The molecule has 0 unspecified atom stereocenters. The molecule has 1 aromatic rings. The van der Waals surface area contributed by atoms with Crippen molar-refractivity contribution in [2.75, 3.05) is 0 Å². The van der Waals surface area contributed by atoms with Crippen LogP contribution in [0.2, 0.25) is 0 Å². The third kappa shape index (κ3) is 2.99. The molecule has 12 heavy (non-hydrogen) atoms. The largest absolute Gasteiger partial charge is 0.261 e. The van der Waals surface area contributed by atoms with E-state index >= 15 is 0 Å². The number of hydrogen-bond donors (Lipinski definition) is 0. The molecule has 0 saturated heterocycles. The van der Waals surface area contributed by atoms with E-state index in [1.165, 1.54) is 6.42 Å². The molecule has 0 aliphatic rings. The van der Waals surface area contributed by atoms with Crippen LogP contribution in [0.1, 0.15) is 31.7 Å². The van der Waals surface area contributed by atoms with Gasteiger partial charge in [-0.2, -0.15) is 0 Å². The fraction of sp³-hybridized carbons (Fsp3) is 0.600. The van der Waals surface area contributed by atoms with Crippen molar-refractivity contribution in [2.24, 2.45) is 5.92 Å². The van der Waals surface area contributed by atoms with Gasteiger partial charge in [-0.05, 0) is 25.7 Å². The highest BCUT2D eigenvalue weighted by atomic mass is 14.8.